The molecule has 0 aromatic rings. The van der Waals surface area contributed by atoms with E-state index in [9.17, 15) is 19.8 Å². The zero-order valence-corrected chi connectivity index (χ0v) is 44.3. The number of amides is 1. The van der Waals surface area contributed by atoms with Gasteiger partial charge in [0.2, 0.25) is 5.91 Å². The molecule has 0 aromatic carbocycles. The van der Waals surface area contributed by atoms with Crippen molar-refractivity contribution in [2.24, 2.45) is 0 Å². The predicted octanol–water partition coefficient (Wildman–Crippen LogP) is 17.7. The summed E-state index contributed by atoms with van der Waals surface area (Å²) in [5, 5.41) is 23.9. The number of carbonyl (C=O) groups excluding carboxylic acids is 2. The first kappa shape index (κ1) is 64.3. The maximum absolute atomic E-state index is 13.3. The zero-order chi connectivity index (χ0) is 48.8. The number of allylic oxidation sites excluding steroid dienone is 12. The zero-order valence-electron chi connectivity index (χ0n) is 44.3. The van der Waals surface area contributed by atoms with E-state index in [0.717, 1.165) is 96.3 Å². The van der Waals surface area contributed by atoms with Gasteiger partial charge in [-0.3, -0.25) is 9.59 Å². The van der Waals surface area contributed by atoms with Gasteiger partial charge in [0.05, 0.1) is 25.2 Å². The Kier molecular flexibility index (Phi) is 52.1. The number of unbranched alkanes of at least 4 members (excludes halogenated alkanes) is 30. The molecule has 67 heavy (non-hydrogen) atoms. The third kappa shape index (κ3) is 49.5. The maximum atomic E-state index is 13.3. The van der Waals surface area contributed by atoms with E-state index >= 15 is 0 Å². The summed E-state index contributed by atoms with van der Waals surface area (Å²) in [5.41, 5.74) is 0. The molecule has 3 unspecified atom stereocenters. The van der Waals surface area contributed by atoms with Crippen molar-refractivity contribution in [3.8, 4) is 0 Å². The normalized spacial score (nSPS) is 13.7. The number of nitrogens with one attached hydrogen (secondary N) is 1. The van der Waals surface area contributed by atoms with E-state index in [2.05, 4.69) is 80.8 Å². The first-order chi connectivity index (χ1) is 33.0. The summed E-state index contributed by atoms with van der Waals surface area (Å²) in [6.45, 7) is 6.34. The molecule has 0 saturated carbocycles. The van der Waals surface area contributed by atoms with Gasteiger partial charge >= 0.3 is 5.97 Å². The van der Waals surface area contributed by atoms with Crippen molar-refractivity contribution < 1.29 is 24.5 Å². The standard InChI is InChI=1S/C61H109NO5/c1-4-7-10-13-16-19-22-25-28-30-32-34-37-40-43-46-49-52-57(67-61(66)54-51-48-45-42-39-36-31-27-24-21-18-15-12-9-6-3)55-60(65)62-58(56-63)59(64)53-50-47-44-41-38-35-33-29-26-23-20-17-14-11-8-5-2/h9,12,15-16,18-19,21,24-25,27-28,31,57-59,63-64H,4-8,10-11,13-14,17,20,22-23,26,29-30,32-56H2,1-3H3,(H,62,65)/b12-9+,18-15+,19-16-,24-21+,28-25-,31-27-. The van der Waals surface area contributed by atoms with Crippen LogP contribution in [0.2, 0.25) is 0 Å². The topological polar surface area (TPSA) is 95.9 Å². The van der Waals surface area contributed by atoms with Crippen LogP contribution in [-0.4, -0.2) is 46.9 Å². The number of aliphatic hydroxyl groups excluding tert-OH is 2. The minimum absolute atomic E-state index is 0.0606. The highest BCUT2D eigenvalue weighted by molar-refractivity contribution is 5.77. The minimum Gasteiger partial charge on any atom is -0.462 e. The smallest absolute Gasteiger partial charge is 0.306 e. The second-order valence-electron chi connectivity index (χ2n) is 19.4. The van der Waals surface area contributed by atoms with E-state index in [1.807, 2.05) is 18.2 Å². The summed E-state index contributed by atoms with van der Waals surface area (Å²) in [6, 6.07) is -0.713. The Morgan fingerprint density at radius 3 is 1.37 bits per heavy atom. The van der Waals surface area contributed by atoms with Crippen LogP contribution in [0.1, 0.15) is 278 Å². The summed E-state index contributed by atoms with van der Waals surface area (Å²) in [6.07, 6.45) is 69.6. The number of esters is 1. The number of hydrogen-bond acceptors (Lipinski definition) is 5. The monoisotopic (exact) mass is 936 g/mol. The molecule has 6 heteroatoms. The molecule has 0 aliphatic carbocycles. The van der Waals surface area contributed by atoms with Crippen LogP contribution in [-0.2, 0) is 14.3 Å². The highest BCUT2D eigenvalue weighted by Crippen LogP contribution is 2.18. The second-order valence-corrected chi connectivity index (χ2v) is 19.4. The molecular weight excluding hydrogens is 827 g/mol. The van der Waals surface area contributed by atoms with Crippen LogP contribution in [0.5, 0.6) is 0 Å². The van der Waals surface area contributed by atoms with E-state index in [1.165, 1.54) is 135 Å². The fraction of sp³-hybridized carbons (Fsp3) is 0.770. The third-order valence-electron chi connectivity index (χ3n) is 12.9. The molecule has 0 radical (unpaired) electrons. The van der Waals surface area contributed by atoms with Crippen molar-refractivity contribution in [1.29, 1.82) is 0 Å². The number of hydrogen-bond donors (Lipinski definition) is 3. The number of rotatable bonds is 51. The number of aliphatic hydroxyl groups is 2. The first-order valence-corrected chi connectivity index (χ1v) is 28.7. The molecule has 1 amide bonds. The van der Waals surface area contributed by atoms with Crippen molar-refractivity contribution in [3.63, 3.8) is 0 Å². The number of carbonyl (C=O) groups is 2. The van der Waals surface area contributed by atoms with Crippen molar-refractivity contribution >= 4 is 11.9 Å². The van der Waals surface area contributed by atoms with Gasteiger partial charge in [0, 0.05) is 6.42 Å². The Balaban J connectivity index is 4.61. The summed E-state index contributed by atoms with van der Waals surface area (Å²) in [7, 11) is 0. The predicted molar refractivity (Wildman–Crippen MR) is 291 cm³/mol. The minimum atomic E-state index is -0.798. The molecule has 0 aliphatic heterocycles. The molecule has 0 rings (SSSR count). The van der Waals surface area contributed by atoms with Crippen molar-refractivity contribution in [1.82, 2.24) is 5.32 Å². The Bertz CT molecular complexity index is 1230. The molecule has 0 bridgehead atoms. The highest BCUT2D eigenvalue weighted by atomic mass is 16.5. The van der Waals surface area contributed by atoms with Gasteiger partial charge < -0.3 is 20.3 Å². The van der Waals surface area contributed by atoms with Gasteiger partial charge in [0.1, 0.15) is 6.10 Å². The van der Waals surface area contributed by atoms with Crippen LogP contribution < -0.4 is 5.32 Å². The molecular formula is C61H109NO5. The van der Waals surface area contributed by atoms with Gasteiger partial charge in [-0.05, 0) is 77.0 Å². The fourth-order valence-electron chi connectivity index (χ4n) is 8.53. The highest BCUT2D eigenvalue weighted by Gasteiger charge is 2.24. The molecule has 3 atom stereocenters. The van der Waals surface area contributed by atoms with Crippen LogP contribution in [0.25, 0.3) is 0 Å². The summed E-state index contributed by atoms with van der Waals surface area (Å²) < 4.78 is 5.95. The maximum Gasteiger partial charge on any atom is 0.306 e. The second kappa shape index (κ2) is 54.2. The van der Waals surface area contributed by atoms with Gasteiger partial charge in [-0.1, -0.05) is 261 Å². The molecule has 6 nitrogen and oxygen atoms in total. The van der Waals surface area contributed by atoms with Crippen LogP contribution in [0.15, 0.2) is 72.9 Å². The lowest BCUT2D eigenvalue weighted by Gasteiger charge is -2.24. The summed E-state index contributed by atoms with van der Waals surface area (Å²) in [5.74, 6) is -0.504. The van der Waals surface area contributed by atoms with E-state index in [4.69, 9.17) is 4.74 Å². The van der Waals surface area contributed by atoms with Gasteiger partial charge in [0.15, 0.2) is 0 Å². The lowest BCUT2D eigenvalue weighted by molar-refractivity contribution is -0.151. The third-order valence-corrected chi connectivity index (χ3v) is 12.9. The average Bonchev–Trinajstić information content (AvgIpc) is 3.32. The fourth-order valence-corrected chi connectivity index (χ4v) is 8.53. The van der Waals surface area contributed by atoms with Crippen LogP contribution in [0.4, 0.5) is 0 Å². The van der Waals surface area contributed by atoms with Crippen LogP contribution >= 0.6 is 0 Å². The molecule has 3 N–H and O–H groups in total. The molecule has 0 aromatic heterocycles. The van der Waals surface area contributed by atoms with Gasteiger partial charge in [-0.15, -0.1) is 0 Å². The van der Waals surface area contributed by atoms with Gasteiger partial charge in [-0.25, -0.2) is 0 Å². The van der Waals surface area contributed by atoms with Crippen LogP contribution in [0, 0.1) is 0 Å². The largest absolute Gasteiger partial charge is 0.462 e. The van der Waals surface area contributed by atoms with E-state index in [-0.39, 0.29) is 24.9 Å². The van der Waals surface area contributed by atoms with Gasteiger partial charge in [0.25, 0.3) is 0 Å². The Morgan fingerprint density at radius 2 is 0.866 bits per heavy atom. The first-order valence-electron chi connectivity index (χ1n) is 28.7. The molecule has 0 spiro atoms. The molecule has 0 aliphatic rings. The van der Waals surface area contributed by atoms with Crippen LogP contribution in [0.3, 0.4) is 0 Å². The van der Waals surface area contributed by atoms with E-state index in [1.54, 1.807) is 0 Å². The van der Waals surface area contributed by atoms with Crippen molar-refractivity contribution in [3.05, 3.63) is 72.9 Å². The van der Waals surface area contributed by atoms with Gasteiger partial charge in [-0.2, -0.15) is 0 Å². The Labute approximate surface area is 415 Å². The SMILES string of the molecule is CC/C=C/C=C/C=C/C=C\CCCCCCCC(=O)OC(CCCCCCCCC/C=C\C/C=C\CCCCC)CC(=O)NC(CO)C(O)CCCCCCCCCCCCCCCCCC. The molecule has 0 fully saturated rings. The van der Waals surface area contributed by atoms with Crippen molar-refractivity contribution in [2.75, 3.05) is 6.61 Å². The molecule has 0 heterocycles. The van der Waals surface area contributed by atoms with E-state index in [0.29, 0.717) is 19.3 Å². The molecule has 388 valence electrons. The van der Waals surface area contributed by atoms with Crippen molar-refractivity contribution in [2.45, 2.75) is 296 Å². The summed E-state index contributed by atoms with van der Waals surface area (Å²) in [4.78, 5) is 26.3. The molecule has 0 saturated heterocycles. The average molecular weight is 937 g/mol. The lowest BCUT2D eigenvalue weighted by atomic mass is 10.0. The Hall–Kier alpha value is -2.70. The van der Waals surface area contributed by atoms with E-state index < -0.39 is 18.2 Å². The lowest BCUT2D eigenvalue weighted by Crippen LogP contribution is -2.46. The summed E-state index contributed by atoms with van der Waals surface area (Å²) >= 11 is 0. The number of ether oxygens (including phenoxy) is 1. The quantitative estimate of drug-likeness (QED) is 0.0244. The Morgan fingerprint density at radius 1 is 0.463 bits per heavy atom.